The maximum Gasteiger partial charge on any atom is 0.410 e. The summed E-state index contributed by atoms with van der Waals surface area (Å²) < 4.78 is 34.9. The maximum absolute atomic E-state index is 14.0. The van der Waals surface area contributed by atoms with Gasteiger partial charge < -0.3 is 15.4 Å². The summed E-state index contributed by atoms with van der Waals surface area (Å²) in [6.07, 6.45) is 7.05. The summed E-state index contributed by atoms with van der Waals surface area (Å²) >= 11 is 3.48. The number of nitrogens with zero attached hydrogens (tertiary/aromatic N) is 4. The van der Waals surface area contributed by atoms with Crippen molar-refractivity contribution in [1.29, 1.82) is 0 Å². The van der Waals surface area contributed by atoms with Crippen LogP contribution in [0.15, 0.2) is 16.9 Å². The van der Waals surface area contributed by atoms with Gasteiger partial charge in [-0.05, 0) is 79.8 Å². The van der Waals surface area contributed by atoms with Gasteiger partial charge in [-0.15, -0.1) is 0 Å². The highest BCUT2D eigenvalue weighted by atomic mass is 79.9. The van der Waals surface area contributed by atoms with Crippen LogP contribution in [0.4, 0.5) is 19.4 Å². The number of likely N-dealkylation sites (tertiary alicyclic amines) is 1. The van der Waals surface area contributed by atoms with Crippen LogP contribution in [0.5, 0.6) is 0 Å². The third-order valence-corrected chi connectivity index (χ3v) is 7.21. The molecule has 1 aliphatic heterocycles. The lowest BCUT2D eigenvalue weighted by Gasteiger charge is -2.43. The highest BCUT2D eigenvalue weighted by Crippen LogP contribution is 2.48. The number of nitrogens with two attached hydrogens (primary N) is 1. The van der Waals surface area contributed by atoms with Crippen molar-refractivity contribution in [3.05, 3.63) is 22.6 Å². The Morgan fingerprint density at radius 2 is 1.94 bits per heavy atom. The largest absolute Gasteiger partial charge is 0.444 e. The Morgan fingerprint density at radius 1 is 1.25 bits per heavy atom. The number of ether oxygens (including phenoxy) is 1. The van der Waals surface area contributed by atoms with Crippen molar-refractivity contribution in [1.82, 2.24) is 19.4 Å². The molecular weight excluding hydrogens is 484 g/mol. The fourth-order valence-electron chi connectivity index (χ4n) is 4.70. The van der Waals surface area contributed by atoms with Gasteiger partial charge in [0.05, 0.1) is 15.6 Å². The van der Waals surface area contributed by atoms with Crippen molar-refractivity contribution in [2.75, 3.05) is 18.8 Å². The van der Waals surface area contributed by atoms with Gasteiger partial charge in [0.2, 0.25) is 0 Å². The van der Waals surface area contributed by atoms with Crippen molar-refractivity contribution in [3.63, 3.8) is 0 Å². The lowest BCUT2D eigenvalue weighted by molar-refractivity contribution is 0.00895. The van der Waals surface area contributed by atoms with Crippen LogP contribution in [0.3, 0.4) is 0 Å². The Labute approximate surface area is 194 Å². The van der Waals surface area contributed by atoms with E-state index >= 15 is 0 Å². The zero-order valence-corrected chi connectivity index (χ0v) is 20.1. The van der Waals surface area contributed by atoms with Crippen LogP contribution < -0.4 is 5.73 Å². The molecule has 1 aliphatic carbocycles. The fourth-order valence-corrected chi connectivity index (χ4v) is 5.53. The summed E-state index contributed by atoms with van der Waals surface area (Å²) in [7, 11) is 0. The number of amides is 1. The third kappa shape index (κ3) is 4.21. The SMILES string of the molecule is CC(C)(C)OC(=O)N1CCC2(CC=C(c3c(Br)c4c(N)ncnc4n3C(F)F)CC2)CC1. The summed E-state index contributed by atoms with van der Waals surface area (Å²) in [4.78, 5) is 22.1. The number of carbonyl (C=O) groups is 1. The monoisotopic (exact) mass is 511 g/mol. The third-order valence-electron chi connectivity index (χ3n) is 6.43. The van der Waals surface area contributed by atoms with E-state index in [9.17, 15) is 13.6 Å². The van der Waals surface area contributed by atoms with Gasteiger partial charge in [-0.3, -0.25) is 4.57 Å². The Kier molecular flexibility index (Phi) is 5.94. The lowest BCUT2D eigenvalue weighted by Crippen LogP contribution is -2.45. The number of rotatable bonds is 2. The molecule has 174 valence electrons. The first kappa shape index (κ1) is 22.9. The number of allylic oxidation sites excluding steroid dienone is 2. The van der Waals surface area contributed by atoms with E-state index in [-0.39, 0.29) is 23.0 Å². The molecule has 10 heteroatoms. The van der Waals surface area contributed by atoms with Crippen molar-refractivity contribution in [2.24, 2.45) is 5.41 Å². The molecule has 2 N–H and O–H groups in total. The molecule has 0 bridgehead atoms. The van der Waals surface area contributed by atoms with E-state index in [0.29, 0.717) is 35.1 Å². The molecule has 0 saturated carbocycles. The molecule has 1 fully saturated rings. The van der Waals surface area contributed by atoms with E-state index in [0.717, 1.165) is 35.8 Å². The summed E-state index contributed by atoms with van der Waals surface area (Å²) in [5.74, 6) is 0.171. The van der Waals surface area contributed by atoms with Crippen LogP contribution in [-0.2, 0) is 4.74 Å². The van der Waals surface area contributed by atoms with Gasteiger partial charge in [-0.25, -0.2) is 14.8 Å². The molecule has 1 spiro atoms. The zero-order valence-electron chi connectivity index (χ0n) is 18.5. The number of piperidine rings is 1. The Balaban J connectivity index is 1.55. The Bertz CT molecular complexity index is 1070. The molecule has 0 aromatic carbocycles. The molecule has 4 rings (SSSR count). The van der Waals surface area contributed by atoms with Gasteiger partial charge in [0.1, 0.15) is 17.7 Å². The van der Waals surface area contributed by atoms with Crippen LogP contribution in [-0.4, -0.2) is 44.2 Å². The van der Waals surface area contributed by atoms with Crippen molar-refractivity contribution >= 4 is 44.4 Å². The molecule has 1 saturated heterocycles. The molecule has 2 aliphatic rings. The maximum atomic E-state index is 14.0. The standard InChI is InChI=1S/C22H28BrF2N5O2/c1-21(2,3)32-20(31)29-10-8-22(9-11-29)6-4-13(5-7-22)16-15(23)14-17(26)27-12-28-18(14)30(16)19(24)25/h4,12,19H,5-11H2,1-3H3,(H2,26,27,28). The average molecular weight is 512 g/mol. The zero-order chi connectivity index (χ0) is 23.3. The number of nitrogen functional groups attached to an aromatic ring is 1. The number of hydrogen-bond donors (Lipinski definition) is 1. The smallest absolute Gasteiger partial charge is 0.410 e. The normalized spacial score (nSPS) is 19.0. The number of carbonyl (C=O) groups excluding carboxylic acids is 1. The van der Waals surface area contributed by atoms with Gasteiger partial charge >= 0.3 is 12.6 Å². The second-order valence-electron chi connectivity index (χ2n) is 9.67. The van der Waals surface area contributed by atoms with Crippen LogP contribution in [0, 0.1) is 5.41 Å². The number of halogens is 3. The minimum absolute atomic E-state index is 0.0784. The van der Waals surface area contributed by atoms with E-state index in [2.05, 4.69) is 32.0 Å². The highest BCUT2D eigenvalue weighted by molar-refractivity contribution is 9.10. The fraction of sp³-hybridized carbons (Fsp3) is 0.591. The van der Waals surface area contributed by atoms with Crippen LogP contribution in [0.2, 0.25) is 0 Å². The van der Waals surface area contributed by atoms with E-state index < -0.39 is 12.2 Å². The predicted octanol–water partition coefficient (Wildman–Crippen LogP) is 5.76. The van der Waals surface area contributed by atoms with Gasteiger partial charge in [0.15, 0.2) is 5.65 Å². The number of hydrogen-bond acceptors (Lipinski definition) is 5. The van der Waals surface area contributed by atoms with Crippen molar-refractivity contribution in [2.45, 2.75) is 65.0 Å². The second kappa shape index (κ2) is 8.28. The van der Waals surface area contributed by atoms with E-state index in [1.165, 1.54) is 6.33 Å². The minimum atomic E-state index is -2.75. The number of anilines is 1. The lowest BCUT2D eigenvalue weighted by atomic mass is 9.68. The van der Waals surface area contributed by atoms with E-state index in [1.807, 2.05) is 20.8 Å². The highest BCUT2D eigenvalue weighted by Gasteiger charge is 2.39. The molecular formula is C22H28BrF2N5O2. The van der Waals surface area contributed by atoms with E-state index in [1.54, 1.807) is 4.90 Å². The van der Waals surface area contributed by atoms with Gasteiger partial charge in [0.25, 0.3) is 0 Å². The summed E-state index contributed by atoms with van der Waals surface area (Å²) in [6.45, 7) is 4.12. The minimum Gasteiger partial charge on any atom is -0.444 e. The van der Waals surface area contributed by atoms with Gasteiger partial charge in [-0.2, -0.15) is 8.78 Å². The molecule has 2 aromatic rings. The van der Waals surface area contributed by atoms with Crippen LogP contribution in [0.25, 0.3) is 16.6 Å². The van der Waals surface area contributed by atoms with Gasteiger partial charge in [0, 0.05) is 13.1 Å². The summed E-state index contributed by atoms with van der Waals surface area (Å²) in [5, 5.41) is 0.412. The van der Waals surface area contributed by atoms with Crippen LogP contribution in [0.1, 0.15) is 65.1 Å². The molecule has 2 aromatic heterocycles. The first-order valence-corrected chi connectivity index (χ1v) is 11.6. The van der Waals surface area contributed by atoms with Crippen molar-refractivity contribution in [3.8, 4) is 0 Å². The molecule has 1 amide bonds. The average Bonchev–Trinajstić information content (AvgIpc) is 3.02. The first-order valence-electron chi connectivity index (χ1n) is 10.8. The molecule has 0 radical (unpaired) electrons. The Hall–Kier alpha value is -2.23. The topological polar surface area (TPSA) is 86.3 Å². The quantitative estimate of drug-likeness (QED) is 0.554. The molecule has 32 heavy (non-hydrogen) atoms. The first-order chi connectivity index (χ1) is 15.0. The molecule has 7 nitrogen and oxygen atoms in total. The number of aromatic nitrogens is 3. The summed E-state index contributed by atoms with van der Waals surface area (Å²) in [6, 6.07) is 0. The predicted molar refractivity (Wildman–Crippen MR) is 122 cm³/mol. The number of alkyl halides is 2. The van der Waals surface area contributed by atoms with Crippen molar-refractivity contribution < 1.29 is 18.3 Å². The second-order valence-corrected chi connectivity index (χ2v) is 10.5. The molecule has 0 unspecified atom stereocenters. The Morgan fingerprint density at radius 3 is 2.50 bits per heavy atom. The summed E-state index contributed by atoms with van der Waals surface area (Å²) in [5.41, 5.74) is 6.92. The van der Waals surface area contributed by atoms with Gasteiger partial charge in [-0.1, -0.05) is 6.08 Å². The molecule has 0 atom stereocenters. The van der Waals surface area contributed by atoms with E-state index in [4.69, 9.17) is 10.5 Å². The molecule has 3 heterocycles. The van der Waals surface area contributed by atoms with Crippen LogP contribution >= 0.6 is 15.9 Å². The number of fused-ring (bicyclic) bond motifs is 1.